The van der Waals surface area contributed by atoms with Crippen molar-refractivity contribution >= 4 is 16.7 Å². The van der Waals surface area contributed by atoms with Crippen LogP contribution in [-0.2, 0) is 4.79 Å². The summed E-state index contributed by atoms with van der Waals surface area (Å²) in [5.41, 5.74) is 0.624. The molecule has 16 heavy (non-hydrogen) atoms. The highest BCUT2D eigenvalue weighted by Crippen LogP contribution is 2.14. The summed E-state index contributed by atoms with van der Waals surface area (Å²) in [6, 6.07) is 9.65. The molecule has 3 nitrogen and oxygen atoms in total. The lowest BCUT2D eigenvalue weighted by Crippen LogP contribution is -1.91. The van der Waals surface area contributed by atoms with Gasteiger partial charge in [-0.2, -0.15) is 0 Å². The molecule has 0 saturated heterocycles. The van der Waals surface area contributed by atoms with Crippen LogP contribution in [0.25, 0.3) is 10.8 Å². The molecule has 0 spiro atoms. The fourth-order valence-corrected chi connectivity index (χ4v) is 1.42. The zero-order valence-electron chi connectivity index (χ0n) is 8.47. The van der Waals surface area contributed by atoms with Gasteiger partial charge in [0.15, 0.2) is 0 Å². The van der Waals surface area contributed by atoms with Crippen LogP contribution >= 0.6 is 0 Å². The number of hydrogen-bond acceptors (Lipinski definition) is 2. The van der Waals surface area contributed by atoms with Crippen molar-refractivity contribution in [2.75, 3.05) is 0 Å². The summed E-state index contributed by atoms with van der Waals surface area (Å²) < 4.78 is 0. The summed E-state index contributed by atoms with van der Waals surface area (Å²) in [5, 5.41) is 10.5. The molecule has 3 heteroatoms. The van der Waals surface area contributed by atoms with E-state index in [1.807, 2.05) is 30.3 Å². The lowest BCUT2D eigenvalue weighted by Gasteiger charge is -1.97. The molecule has 0 atom stereocenters. The largest absolute Gasteiger partial charge is 0.481 e. The van der Waals surface area contributed by atoms with Gasteiger partial charge in [-0.1, -0.05) is 30.2 Å². The Balaban J connectivity index is 2.43. The minimum Gasteiger partial charge on any atom is -0.481 e. The fourth-order valence-electron chi connectivity index (χ4n) is 1.42. The highest BCUT2D eigenvalue weighted by Gasteiger charge is 1.97. The molecule has 0 saturated carbocycles. The number of hydrogen-bond donors (Lipinski definition) is 1. The average Bonchev–Trinajstić information content (AvgIpc) is 2.29. The fraction of sp³-hybridized carbons (Fsp3) is 0.0769. The summed E-state index contributed by atoms with van der Waals surface area (Å²) in [7, 11) is 0. The summed E-state index contributed by atoms with van der Waals surface area (Å²) in [6.45, 7) is 0. The van der Waals surface area contributed by atoms with Crippen molar-refractivity contribution in [3.63, 3.8) is 0 Å². The topological polar surface area (TPSA) is 50.2 Å². The van der Waals surface area contributed by atoms with Crippen LogP contribution in [0.2, 0.25) is 0 Å². The first-order chi connectivity index (χ1) is 7.77. The molecule has 2 rings (SSSR count). The van der Waals surface area contributed by atoms with Gasteiger partial charge in [-0.3, -0.25) is 4.79 Å². The van der Waals surface area contributed by atoms with E-state index in [0.29, 0.717) is 5.69 Å². The monoisotopic (exact) mass is 211 g/mol. The Labute approximate surface area is 92.7 Å². The number of fused-ring (bicyclic) bond motifs is 1. The van der Waals surface area contributed by atoms with Gasteiger partial charge in [0.05, 0.1) is 0 Å². The van der Waals surface area contributed by atoms with Crippen LogP contribution < -0.4 is 0 Å². The molecule has 0 amide bonds. The number of rotatable bonds is 1. The number of carboxylic acids is 1. The molecule has 2 aromatic rings. The first kappa shape index (κ1) is 10.2. The Kier molecular flexibility index (Phi) is 2.84. The molecule has 1 heterocycles. The molecular formula is C13H9NO2. The third-order valence-corrected chi connectivity index (χ3v) is 2.12. The van der Waals surface area contributed by atoms with E-state index in [1.165, 1.54) is 0 Å². The van der Waals surface area contributed by atoms with Gasteiger partial charge in [-0.25, -0.2) is 4.98 Å². The standard InChI is InChI=1S/C13H9NO2/c15-13(16)7-3-6-12-11-5-2-1-4-10(11)8-9-14-12/h1-2,4-5,8-9H,7H2,(H,15,16). The minimum absolute atomic E-state index is 0.162. The van der Waals surface area contributed by atoms with Gasteiger partial charge < -0.3 is 5.11 Å². The van der Waals surface area contributed by atoms with Crippen molar-refractivity contribution in [1.82, 2.24) is 4.98 Å². The average molecular weight is 211 g/mol. The molecule has 0 aliphatic heterocycles. The molecule has 78 valence electrons. The zero-order chi connectivity index (χ0) is 11.4. The van der Waals surface area contributed by atoms with Crippen LogP contribution in [0.4, 0.5) is 0 Å². The predicted octanol–water partition coefficient (Wildman–Crippen LogP) is 2.06. The van der Waals surface area contributed by atoms with E-state index in [4.69, 9.17) is 5.11 Å². The number of carboxylic acid groups (broad SMARTS) is 1. The maximum atomic E-state index is 10.3. The maximum absolute atomic E-state index is 10.3. The highest BCUT2D eigenvalue weighted by atomic mass is 16.4. The molecule has 1 aromatic heterocycles. The van der Waals surface area contributed by atoms with Crippen molar-refractivity contribution in [1.29, 1.82) is 0 Å². The summed E-state index contributed by atoms with van der Waals surface area (Å²) in [5.74, 6) is 4.43. The number of aliphatic carboxylic acids is 1. The summed E-state index contributed by atoms with van der Waals surface area (Å²) in [4.78, 5) is 14.5. The third kappa shape index (κ3) is 2.18. The Morgan fingerprint density at radius 2 is 2.12 bits per heavy atom. The van der Waals surface area contributed by atoms with Crippen LogP contribution in [0.15, 0.2) is 36.5 Å². The summed E-state index contributed by atoms with van der Waals surface area (Å²) >= 11 is 0. The van der Waals surface area contributed by atoms with Crippen LogP contribution in [-0.4, -0.2) is 16.1 Å². The molecule has 0 radical (unpaired) electrons. The van der Waals surface area contributed by atoms with E-state index >= 15 is 0 Å². The van der Waals surface area contributed by atoms with E-state index in [0.717, 1.165) is 10.8 Å². The lowest BCUT2D eigenvalue weighted by molar-refractivity contribution is -0.135. The number of carbonyl (C=O) groups is 1. The Morgan fingerprint density at radius 1 is 1.31 bits per heavy atom. The van der Waals surface area contributed by atoms with E-state index in [2.05, 4.69) is 16.8 Å². The van der Waals surface area contributed by atoms with Crippen LogP contribution in [0, 0.1) is 11.8 Å². The molecule has 1 aromatic carbocycles. The molecule has 0 aliphatic carbocycles. The van der Waals surface area contributed by atoms with Gasteiger partial charge in [-0.15, -0.1) is 0 Å². The first-order valence-electron chi connectivity index (χ1n) is 4.82. The molecular weight excluding hydrogens is 202 g/mol. The Bertz CT molecular complexity index is 588. The van der Waals surface area contributed by atoms with Gasteiger partial charge >= 0.3 is 5.97 Å². The second-order valence-corrected chi connectivity index (χ2v) is 3.25. The van der Waals surface area contributed by atoms with Crippen LogP contribution in [0.3, 0.4) is 0 Å². The summed E-state index contributed by atoms with van der Waals surface area (Å²) in [6.07, 6.45) is 1.51. The van der Waals surface area contributed by atoms with Gasteiger partial charge in [-0.05, 0) is 17.4 Å². The lowest BCUT2D eigenvalue weighted by atomic mass is 10.1. The smallest absolute Gasteiger partial charge is 0.315 e. The molecule has 0 bridgehead atoms. The number of aromatic nitrogens is 1. The van der Waals surface area contributed by atoms with Crippen LogP contribution in [0.1, 0.15) is 12.1 Å². The van der Waals surface area contributed by atoms with Crippen LogP contribution in [0.5, 0.6) is 0 Å². The van der Waals surface area contributed by atoms with Crippen molar-refractivity contribution < 1.29 is 9.90 Å². The zero-order valence-corrected chi connectivity index (χ0v) is 8.47. The third-order valence-electron chi connectivity index (χ3n) is 2.12. The predicted molar refractivity (Wildman–Crippen MR) is 60.9 cm³/mol. The minimum atomic E-state index is -0.923. The normalized spacial score (nSPS) is 9.50. The first-order valence-corrected chi connectivity index (χ1v) is 4.82. The van der Waals surface area contributed by atoms with Gasteiger partial charge in [0.25, 0.3) is 0 Å². The second-order valence-electron chi connectivity index (χ2n) is 3.25. The SMILES string of the molecule is O=C(O)CC#Cc1nccc2ccccc12. The van der Waals surface area contributed by atoms with Crippen molar-refractivity contribution in [3.8, 4) is 11.8 Å². The molecule has 0 fully saturated rings. The van der Waals surface area contributed by atoms with E-state index < -0.39 is 5.97 Å². The van der Waals surface area contributed by atoms with E-state index in [-0.39, 0.29) is 6.42 Å². The Morgan fingerprint density at radius 3 is 2.94 bits per heavy atom. The highest BCUT2D eigenvalue weighted by molar-refractivity contribution is 5.86. The Hall–Kier alpha value is -2.34. The van der Waals surface area contributed by atoms with Gasteiger partial charge in [0.1, 0.15) is 12.1 Å². The quantitative estimate of drug-likeness (QED) is 0.734. The second kappa shape index (κ2) is 4.45. The number of benzene rings is 1. The molecule has 0 unspecified atom stereocenters. The number of nitrogens with zero attached hydrogens (tertiary/aromatic N) is 1. The maximum Gasteiger partial charge on any atom is 0.315 e. The van der Waals surface area contributed by atoms with Gasteiger partial charge in [0, 0.05) is 11.6 Å². The number of pyridine rings is 1. The van der Waals surface area contributed by atoms with Crippen molar-refractivity contribution in [2.24, 2.45) is 0 Å². The van der Waals surface area contributed by atoms with E-state index in [9.17, 15) is 4.79 Å². The van der Waals surface area contributed by atoms with Gasteiger partial charge in [0.2, 0.25) is 0 Å². The molecule has 0 aliphatic rings. The van der Waals surface area contributed by atoms with E-state index in [1.54, 1.807) is 6.20 Å². The van der Waals surface area contributed by atoms with Crippen molar-refractivity contribution in [2.45, 2.75) is 6.42 Å². The molecule has 1 N–H and O–H groups in total. The van der Waals surface area contributed by atoms with Crippen molar-refractivity contribution in [3.05, 3.63) is 42.2 Å².